The Bertz CT molecular complexity index is 566. The van der Waals surface area contributed by atoms with Crippen LogP contribution in [-0.4, -0.2) is 6.04 Å². The second kappa shape index (κ2) is 6.18. The lowest BCUT2D eigenvalue weighted by atomic mass is 10.0. The highest BCUT2D eigenvalue weighted by Gasteiger charge is 2.08. The van der Waals surface area contributed by atoms with Gasteiger partial charge in [-0.25, -0.2) is 4.39 Å². The summed E-state index contributed by atoms with van der Waals surface area (Å²) in [6.45, 7) is 4.94. The summed E-state index contributed by atoms with van der Waals surface area (Å²) in [5.74, 6) is -0.252. The second-order valence-corrected chi connectivity index (χ2v) is 5.24. The molecule has 0 unspecified atom stereocenters. The van der Waals surface area contributed by atoms with Crippen molar-refractivity contribution >= 4 is 11.6 Å². The van der Waals surface area contributed by atoms with Gasteiger partial charge in [-0.3, -0.25) is 0 Å². The highest BCUT2D eigenvalue weighted by atomic mass is 35.5. The molecule has 0 aliphatic rings. The number of benzene rings is 2. The van der Waals surface area contributed by atoms with E-state index < -0.39 is 0 Å². The highest BCUT2D eigenvalue weighted by molar-refractivity contribution is 6.33. The van der Waals surface area contributed by atoms with Gasteiger partial charge < -0.3 is 5.32 Å². The van der Waals surface area contributed by atoms with E-state index in [9.17, 15) is 4.39 Å². The fraction of sp³-hybridized carbons (Fsp3) is 0.250. The molecule has 100 valence electrons. The zero-order chi connectivity index (χ0) is 13.8. The zero-order valence-corrected chi connectivity index (χ0v) is 11.8. The molecular weight excluding hydrogens is 261 g/mol. The van der Waals surface area contributed by atoms with Crippen LogP contribution in [0, 0.1) is 5.82 Å². The maximum atomic E-state index is 13.7. The molecule has 2 rings (SSSR count). The van der Waals surface area contributed by atoms with Crippen LogP contribution in [0.2, 0.25) is 5.02 Å². The molecule has 1 nitrogen and oxygen atoms in total. The first kappa shape index (κ1) is 14.0. The molecule has 0 aromatic heterocycles. The van der Waals surface area contributed by atoms with Crippen LogP contribution < -0.4 is 5.32 Å². The van der Waals surface area contributed by atoms with Crippen LogP contribution in [0.5, 0.6) is 0 Å². The van der Waals surface area contributed by atoms with Gasteiger partial charge in [0.1, 0.15) is 5.82 Å². The van der Waals surface area contributed by atoms with Crippen LogP contribution in [-0.2, 0) is 6.54 Å². The fourth-order valence-corrected chi connectivity index (χ4v) is 2.19. The lowest BCUT2D eigenvalue weighted by Crippen LogP contribution is -2.21. The zero-order valence-electron chi connectivity index (χ0n) is 11.1. The molecule has 0 atom stereocenters. The van der Waals surface area contributed by atoms with E-state index >= 15 is 0 Å². The summed E-state index contributed by atoms with van der Waals surface area (Å²) in [6.07, 6.45) is 0. The van der Waals surface area contributed by atoms with Crippen molar-refractivity contribution in [2.24, 2.45) is 0 Å². The standard InChI is InChI=1S/C16H17ClFN/c1-11(2)19-10-12-7-8-13(15(17)9-12)14-5-3-4-6-16(14)18/h3-9,11,19H,10H2,1-2H3. The normalized spacial score (nSPS) is 11.0. The van der Waals surface area contributed by atoms with Crippen LogP contribution >= 0.6 is 11.6 Å². The predicted molar refractivity (Wildman–Crippen MR) is 78.8 cm³/mol. The summed E-state index contributed by atoms with van der Waals surface area (Å²) in [5.41, 5.74) is 2.36. The molecule has 0 radical (unpaired) electrons. The van der Waals surface area contributed by atoms with E-state index in [0.717, 1.165) is 17.7 Å². The quantitative estimate of drug-likeness (QED) is 0.858. The van der Waals surface area contributed by atoms with Crippen molar-refractivity contribution in [3.63, 3.8) is 0 Å². The number of hydrogen-bond acceptors (Lipinski definition) is 1. The largest absolute Gasteiger partial charge is 0.310 e. The number of nitrogens with one attached hydrogen (secondary N) is 1. The molecule has 19 heavy (non-hydrogen) atoms. The van der Waals surface area contributed by atoms with Crippen LogP contribution in [0.4, 0.5) is 4.39 Å². The maximum Gasteiger partial charge on any atom is 0.131 e. The third kappa shape index (κ3) is 3.55. The van der Waals surface area contributed by atoms with Gasteiger partial charge in [0.25, 0.3) is 0 Å². The van der Waals surface area contributed by atoms with Crippen LogP contribution in [0.3, 0.4) is 0 Å². The molecule has 0 saturated heterocycles. The van der Waals surface area contributed by atoms with Crippen molar-refractivity contribution in [3.8, 4) is 11.1 Å². The Balaban J connectivity index is 2.27. The summed E-state index contributed by atoms with van der Waals surface area (Å²) < 4.78 is 13.7. The van der Waals surface area contributed by atoms with Gasteiger partial charge in [-0.15, -0.1) is 0 Å². The average Bonchev–Trinajstić information content (AvgIpc) is 2.38. The van der Waals surface area contributed by atoms with E-state index in [1.165, 1.54) is 6.07 Å². The Kier molecular flexibility index (Phi) is 4.56. The molecule has 0 fully saturated rings. The van der Waals surface area contributed by atoms with Gasteiger partial charge >= 0.3 is 0 Å². The molecule has 0 aliphatic heterocycles. The minimum atomic E-state index is -0.252. The molecule has 1 N–H and O–H groups in total. The average molecular weight is 278 g/mol. The van der Waals surface area contributed by atoms with Gasteiger partial charge in [0.2, 0.25) is 0 Å². The summed E-state index contributed by atoms with van der Waals surface area (Å²) in [6, 6.07) is 12.8. The molecule has 2 aromatic rings. The van der Waals surface area contributed by atoms with E-state index in [2.05, 4.69) is 19.2 Å². The number of hydrogen-bond donors (Lipinski definition) is 1. The van der Waals surface area contributed by atoms with Crippen molar-refractivity contribution in [1.82, 2.24) is 5.32 Å². The van der Waals surface area contributed by atoms with Crippen molar-refractivity contribution in [3.05, 3.63) is 58.9 Å². The second-order valence-electron chi connectivity index (χ2n) is 4.83. The summed E-state index contributed by atoms with van der Waals surface area (Å²) in [4.78, 5) is 0. The monoisotopic (exact) mass is 277 g/mol. The third-order valence-electron chi connectivity index (χ3n) is 2.91. The number of rotatable bonds is 4. The first-order chi connectivity index (χ1) is 9.08. The smallest absolute Gasteiger partial charge is 0.131 e. The van der Waals surface area contributed by atoms with Crippen LogP contribution in [0.1, 0.15) is 19.4 Å². The third-order valence-corrected chi connectivity index (χ3v) is 3.22. The molecule has 0 amide bonds. The molecule has 3 heteroatoms. The first-order valence-corrected chi connectivity index (χ1v) is 6.72. The molecular formula is C16H17ClFN. The molecule has 0 bridgehead atoms. The van der Waals surface area contributed by atoms with Crippen molar-refractivity contribution in [2.45, 2.75) is 26.4 Å². The van der Waals surface area contributed by atoms with Gasteiger partial charge in [0.15, 0.2) is 0 Å². The maximum absolute atomic E-state index is 13.7. The van der Waals surface area contributed by atoms with Gasteiger partial charge in [-0.05, 0) is 17.7 Å². The summed E-state index contributed by atoms with van der Waals surface area (Å²) >= 11 is 6.26. The van der Waals surface area contributed by atoms with E-state index in [4.69, 9.17) is 11.6 Å². The van der Waals surface area contributed by atoms with Gasteiger partial charge in [-0.2, -0.15) is 0 Å². The Morgan fingerprint density at radius 1 is 1.11 bits per heavy atom. The Labute approximate surface area is 118 Å². The van der Waals surface area contributed by atoms with E-state index in [0.29, 0.717) is 16.6 Å². The Hall–Kier alpha value is -1.38. The molecule has 0 spiro atoms. The van der Waals surface area contributed by atoms with Gasteiger partial charge in [-0.1, -0.05) is 55.8 Å². The predicted octanol–water partition coefficient (Wildman–Crippen LogP) is 4.64. The highest BCUT2D eigenvalue weighted by Crippen LogP contribution is 2.30. The van der Waals surface area contributed by atoms with Crippen molar-refractivity contribution in [2.75, 3.05) is 0 Å². The molecule has 0 heterocycles. The summed E-state index contributed by atoms with van der Waals surface area (Å²) in [5, 5.41) is 3.90. The summed E-state index contributed by atoms with van der Waals surface area (Å²) in [7, 11) is 0. The van der Waals surface area contributed by atoms with Crippen LogP contribution in [0.15, 0.2) is 42.5 Å². The molecule has 2 aromatic carbocycles. The topological polar surface area (TPSA) is 12.0 Å². The van der Waals surface area contributed by atoms with E-state index in [1.807, 2.05) is 24.3 Å². The Morgan fingerprint density at radius 3 is 2.47 bits per heavy atom. The SMILES string of the molecule is CC(C)NCc1ccc(-c2ccccc2F)c(Cl)c1. The van der Waals surface area contributed by atoms with E-state index in [-0.39, 0.29) is 5.82 Å². The van der Waals surface area contributed by atoms with Crippen molar-refractivity contribution in [1.29, 1.82) is 0 Å². The number of halogens is 2. The minimum Gasteiger partial charge on any atom is -0.310 e. The molecule has 0 saturated carbocycles. The lowest BCUT2D eigenvalue weighted by molar-refractivity contribution is 0.589. The lowest BCUT2D eigenvalue weighted by Gasteiger charge is -2.11. The van der Waals surface area contributed by atoms with Gasteiger partial charge in [0.05, 0.1) is 0 Å². The van der Waals surface area contributed by atoms with E-state index in [1.54, 1.807) is 12.1 Å². The van der Waals surface area contributed by atoms with Crippen molar-refractivity contribution < 1.29 is 4.39 Å². The van der Waals surface area contributed by atoms with Crippen LogP contribution in [0.25, 0.3) is 11.1 Å². The Morgan fingerprint density at radius 2 is 1.84 bits per heavy atom. The minimum absolute atomic E-state index is 0.252. The fourth-order valence-electron chi connectivity index (χ4n) is 1.89. The van der Waals surface area contributed by atoms with Gasteiger partial charge in [0, 0.05) is 28.7 Å². The first-order valence-electron chi connectivity index (χ1n) is 6.34. The molecule has 0 aliphatic carbocycles.